The van der Waals surface area contributed by atoms with Crippen LogP contribution in [0.15, 0.2) is 59.1 Å². The predicted octanol–water partition coefficient (Wildman–Crippen LogP) is 4.33. The van der Waals surface area contributed by atoms with Gasteiger partial charge >= 0.3 is 0 Å². The Kier molecular flexibility index (Phi) is 4.01. The van der Waals surface area contributed by atoms with Gasteiger partial charge in [-0.2, -0.15) is 4.98 Å². The summed E-state index contributed by atoms with van der Waals surface area (Å²) >= 11 is 6.33. The second-order valence-electron chi connectivity index (χ2n) is 7.76. The highest BCUT2D eigenvalue weighted by Crippen LogP contribution is 2.53. The molecule has 0 N–H and O–H groups in total. The number of hydrogen-bond donors (Lipinski definition) is 0. The van der Waals surface area contributed by atoms with Crippen LogP contribution in [-0.4, -0.2) is 25.1 Å². The quantitative estimate of drug-likeness (QED) is 0.489. The molecule has 8 heteroatoms. The molecule has 2 aliphatic rings. The Bertz CT molecular complexity index is 1220. The van der Waals surface area contributed by atoms with Gasteiger partial charge < -0.3 is 9.26 Å². The van der Waals surface area contributed by atoms with E-state index in [1.807, 2.05) is 47.1 Å². The maximum Gasteiger partial charge on any atom is 0.237 e. The van der Waals surface area contributed by atoms with E-state index in [0.717, 1.165) is 24.1 Å². The number of aromatic nitrogens is 5. The third kappa shape index (κ3) is 2.77. The summed E-state index contributed by atoms with van der Waals surface area (Å²) in [6.45, 7) is 0.886. The zero-order valence-electron chi connectivity index (χ0n) is 16.0. The van der Waals surface area contributed by atoms with Crippen LogP contribution in [0, 0.1) is 0 Å². The van der Waals surface area contributed by atoms with Crippen LogP contribution in [0.3, 0.4) is 0 Å². The first kappa shape index (κ1) is 17.8. The van der Waals surface area contributed by atoms with Crippen LogP contribution in [0.1, 0.15) is 41.7 Å². The molecule has 2 aromatic carbocycles. The van der Waals surface area contributed by atoms with Crippen LogP contribution in [0.4, 0.5) is 0 Å². The molecule has 0 bridgehead atoms. The molecule has 6 rings (SSSR count). The van der Waals surface area contributed by atoms with E-state index in [1.54, 1.807) is 0 Å². The summed E-state index contributed by atoms with van der Waals surface area (Å²) in [4.78, 5) is 4.69. The fourth-order valence-electron chi connectivity index (χ4n) is 4.13. The average molecular weight is 420 g/mol. The Balaban J connectivity index is 1.29. The molecule has 0 saturated heterocycles. The standard InChI is InChI=1S/C22H18ClN5O2/c23-16-9-5-4-8-15(16)18-12-28-17(13-29-18)19(25-27-28)20-24-21(30-26-20)22(10-11-22)14-6-2-1-3-7-14/h1-9,18H,10-13H2/t18-/m0/s1. The van der Waals surface area contributed by atoms with Gasteiger partial charge in [0, 0.05) is 10.6 Å². The molecule has 30 heavy (non-hydrogen) atoms. The highest BCUT2D eigenvalue weighted by atomic mass is 35.5. The summed E-state index contributed by atoms with van der Waals surface area (Å²) in [5, 5.41) is 13.5. The highest BCUT2D eigenvalue weighted by Gasteiger charge is 2.51. The molecule has 0 radical (unpaired) electrons. The van der Waals surface area contributed by atoms with Gasteiger partial charge in [0.25, 0.3) is 0 Å². The lowest BCUT2D eigenvalue weighted by Crippen LogP contribution is -2.22. The number of nitrogens with zero attached hydrogens (tertiary/aromatic N) is 5. The number of hydrogen-bond acceptors (Lipinski definition) is 6. The largest absolute Gasteiger partial charge is 0.365 e. The van der Waals surface area contributed by atoms with E-state index < -0.39 is 0 Å². The molecule has 1 fully saturated rings. The maximum absolute atomic E-state index is 6.33. The fourth-order valence-corrected chi connectivity index (χ4v) is 4.39. The summed E-state index contributed by atoms with van der Waals surface area (Å²) in [6, 6.07) is 18.0. The van der Waals surface area contributed by atoms with E-state index in [1.165, 1.54) is 5.56 Å². The molecule has 0 unspecified atom stereocenters. The minimum absolute atomic E-state index is 0.172. The minimum atomic E-state index is -0.175. The van der Waals surface area contributed by atoms with Crippen molar-refractivity contribution in [1.82, 2.24) is 25.1 Å². The maximum atomic E-state index is 6.33. The number of benzene rings is 2. The average Bonchev–Trinajstić information content (AvgIpc) is 3.25. The van der Waals surface area contributed by atoms with E-state index in [9.17, 15) is 0 Å². The lowest BCUT2D eigenvalue weighted by Gasteiger charge is -2.24. The number of ether oxygens (including phenoxy) is 1. The van der Waals surface area contributed by atoms with E-state index >= 15 is 0 Å². The van der Waals surface area contributed by atoms with Crippen LogP contribution in [0.25, 0.3) is 11.5 Å². The van der Waals surface area contributed by atoms with Gasteiger partial charge in [-0.25, -0.2) is 4.68 Å². The van der Waals surface area contributed by atoms with E-state index in [2.05, 4.69) is 27.6 Å². The monoisotopic (exact) mass is 419 g/mol. The summed E-state index contributed by atoms with van der Waals surface area (Å²) < 4.78 is 13.6. The Morgan fingerprint density at radius 2 is 1.83 bits per heavy atom. The molecule has 7 nitrogen and oxygen atoms in total. The van der Waals surface area contributed by atoms with Crippen molar-refractivity contribution in [3.05, 3.63) is 82.3 Å². The first-order valence-electron chi connectivity index (χ1n) is 9.93. The third-order valence-electron chi connectivity index (χ3n) is 5.97. The Labute approximate surface area is 177 Å². The van der Waals surface area contributed by atoms with Gasteiger partial charge in [0.15, 0.2) is 5.69 Å². The fraction of sp³-hybridized carbons (Fsp3) is 0.273. The van der Waals surface area contributed by atoms with Crippen LogP contribution in [0.2, 0.25) is 5.02 Å². The van der Waals surface area contributed by atoms with Crippen molar-refractivity contribution in [2.24, 2.45) is 0 Å². The van der Waals surface area contributed by atoms with Gasteiger partial charge in [0.1, 0.15) is 6.10 Å². The summed E-state index contributed by atoms with van der Waals surface area (Å²) in [5.41, 5.74) is 3.42. The predicted molar refractivity (Wildman–Crippen MR) is 109 cm³/mol. The third-order valence-corrected chi connectivity index (χ3v) is 6.32. The Morgan fingerprint density at radius 3 is 2.63 bits per heavy atom. The van der Waals surface area contributed by atoms with E-state index in [-0.39, 0.29) is 11.5 Å². The lowest BCUT2D eigenvalue weighted by molar-refractivity contribution is -0.00106. The molecule has 2 aromatic heterocycles. The second kappa shape index (κ2) is 6.75. The van der Waals surface area contributed by atoms with Crippen LogP contribution >= 0.6 is 11.6 Å². The summed E-state index contributed by atoms with van der Waals surface area (Å²) in [7, 11) is 0. The van der Waals surface area contributed by atoms with Crippen LogP contribution < -0.4 is 0 Å². The van der Waals surface area contributed by atoms with Crippen molar-refractivity contribution < 1.29 is 9.26 Å². The van der Waals surface area contributed by atoms with E-state index in [4.69, 9.17) is 25.8 Å². The molecular formula is C22H18ClN5O2. The SMILES string of the molecule is Clc1ccccc1[C@@H]1Cn2nnc(-c3noc(C4(c5ccccc5)CC4)n3)c2CO1. The molecule has 150 valence electrons. The molecular weight excluding hydrogens is 402 g/mol. The van der Waals surface area contributed by atoms with Gasteiger partial charge in [0.2, 0.25) is 11.7 Å². The normalized spacial score (nSPS) is 19.4. The molecule has 4 aromatic rings. The zero-order chi connectivity index (χ0) is 20.1. The van der Waals surface area contributed by atoms with Crippen molar-refractivity contribution in [1.29, 1.82) is 0 Å². The summed E-state index contributed by atoms with van der Waals surface area (Å²) in [5.74, 6) is 1.09. The topological polar surface area (TPSA) is 78.9 Å². The second-order valence-corrected chi connectivity index (χ2v) is 8.17. The van der Waals surface area contributed by atoms with Crippen LogP contribution in [-0.2, 0) is 23.3 Å². The highest BCUT2D eigenvalue weighted by molar-refractivity contribution is 6.31. The number of halogens is 1. The molecule has 0 spiro atoms. The molecule has 1 aliphatic carbocycles. The van der Waals surface area contributed by atoms with Crippen molar-refractivity contribution in [3.8, 4) is 11.5 Å². The van der Waals surface area contributed by atoms with Gasteiger partial charge in [0.05, 0.1) is 24.3 Å². The molecule has 1 atom stereocenters. The zero-order valence-corrected chi connectivity index (χ0v) is 16.8. The van der Waals surface area contributed by atoms with Crippen molar-refractivity contribution >= 4 is 11.6 Å². The molecule has 3 heterocycles. The summed E-state index contributed by atoms with van der Waals surface area (Å²) in [6.07, 6.45) is 1.83. The van der Waals surface area contributed by atoms with Gasteiger partial charge in [-0.15, -0.1) is 5.10 Å². The molecule has 1 aliphatic heterocycles. The van der Waals surface area contributed by atoms with Gasteiger partial charge in [-0.3, -0.25) is 0 Å². The van der Waals surface area contributed by atoms with Crippen molar-refractivity contribution in [2.75, 3.05) is 0 Å². The number of fused-ring (bicyclic) bond motifs is 1. The van der Waals surface area contributed by atoms with Gasteiger partial charge in [-0.1, -0.05) is 70.5 Å². The van der Waals surface area contributed by atoms with Crippen molar-refractivity contribution in [2.45, 2.75) is 37.5 Å². The van der Waals surface area contributed by atoms with Crippen molar-refractivity contribution in [3.63, 3.8) is 0 Å². The Morgan fingerprint density at radius 1 is 1.03 bits per heavy atom. The first-order valence-corrected chi connectivity index (χ1v) is 10.3. The number of rotatable bonds is 4. The Hall–Kier alpha value is -3.03. The minimum Gasteiger partial charge on any atom is -0.365 e. The molecule has 0 amide bonds. The smallest absolute Gasteiger partial charge is 0.237 e. The molecule has 1 saturated carbocycles. The lowest BCUT2D eigenvalue weighted by atomic mass is 9.96. The van der Waals surface area contributed by atoms with E-state index in [0.29, 0.717) is 35.6 Å². The first-order chi connectivity index (χ1) is 14.7. The van der Waals surface area contributed by atoms with Crippen LogP contribution in [0.5, 0.6) is 0 Å². The van der Waals surface area contributed by atoms with Gasteiger partial charge in [-0.05, 0) is 24.5 Å².